The second-order valence-corrected chi connectivity index (χ2v) is 12.0. The highest BCUT2D eigenvalue weighted by Crippen LogP contribution is 2.37. The first kappa shape index (κ1) is 23.7. The highest BCUT2D eigenvalue weighted by atomic mass is 32.2. The number of carbonyl (C=O) groups is 1. The van der Waals surface area contributed by atoms with E-state index in [0.717, 1.165) is 42.6 Å². The van der Waals surface area contributed by atoms with E-state index in [1.54, 1.807) is 7.11 Å². The van der Waals surface area contributed by atoms with E-state index in [9.17, 15) is 18.5 Å². The lowest BCUT2D eigenvalue weighted by atomic mass is 9.96. The maximum absolute atomic E-state index is 12.8. The highest BCUT2D eigenvalue weighted by molar-refractivity contribution is 7.91. The molecular formula is C24H29N3O4S2. The molecule has 1 fully saturated rings. The van der Waals surface area contributed by atoms with Crippen molar-refractivity contribution in [3.8, 4) is 11.8 Å². The van der Waals surface area contributed by atoms with Crippen LogP contribution in [0.3, 0.4) is 0 Å². The number of fused-ring (bicyclic) bond motifs is 1. The molecule has 4 rings (SSSR count). The third kappa shape index (κ3) is 5.75. The molecule has 1 saturated heterocycles. The van der Waals surface area contributed by atoms with Crippen molar-refractivity contribution in [2.45, 2.75) is 51.1 Å². The topological polar surface area (TPSA) is 99.5 Å². The van der Waals surface area contributed by atoms with E-state index >= 15 is 0 Å². The lowest BCUT2D eigenvalue weighted by molar-refractivity contribution is -0.116. The number of sulfone groups is 1. The molecule has 1 aliphatic carbocycles. The van der Waals surface area contributed by atoms with E-state index in [-0.39, 0.29) is 29.9 Å². The molecule has 1 amide bonds. The van der Waals surface area contributed by atoms with Crippen LogP contribution >= 0.6 is 11.3 Å². The number of anilines is 1. The third-order valence-corrected chi connectivity index (χ3v) is 9.39. The van der Waals surface area contributed by atoms with Crippen molar-refractivity contribution in [3.05, 3.63) is 45.8 Å². The Balaban J connectivity index is 1.43. The Morgan fingerprint density at radius 2 is 2.03 bits per heavy atom. The van der Waals surface area contributed by atoms with Crippen LogP contribution in [0.2, 0.25) is 0 Å². The molecule has 33 heavy (non-hydrogen) atoms. The summed E-state index contributed by atoms with van der Waals surface area (Å²) in [6, 6.07) is 9.87. The van der Waals surface area contributed by atoms with Crippen molar-refractivity contribution < 1.29 is 17.9 Å². The summed E-state index contributed by atoms with van der Waals surface area (Å²) < 4.78 is 29.4. The van der Waals surface area contributed by atoms with Gasteiger partial charge >= 0.3 is 0 Å². The lowest BCUT2D eigenvalue weighted by Crippen LogP contribution is -2.37. The van der Waals surface area contributed by atoms with Gasteiger partial charge in [-0.05, 0) is 55.4 Å². The minimum absolute atomic E-state index is 0.103. The summed E-state index contributed by atoms with van der Waals surface area (Å²) >= 11 is 1.52. The molecule has 0 saturated carbocycles. The Kier molecular flexibility index (Phi) is 7.37. The summed E-state index contributed by atoms with van der Waals surface area (Å²) in [6.07, 6.45) is 4.88. The first-order valence-corrected chi connectivity index (χ1v) is 13.9. The van der Waals surface area contributed by atoms with Gasteiger partial charge < -0.3 is 10.1 Å². The molecule has 7 nitrogen and oxygen atoms in total. The minimum Gasteiger partial charge on any atom is -0.497 e. The van der Waals surface area contributed by atoms with Crippen LogP contribution in [0.15, 0.2) is 24.3 Å². The van der Waals surface area contributed by atoms with Crippen molar-refractivity contribution in [2.75, 3.05) is 30.5 Å². The van der Waals surface area contributed by atoms with Gasteiger partial charge in [0.25, 0.3) is 0 Å². The first-order chi connectivity index (χ1) is 15.9. The molecule has 0 spiro atoms. The Hall–Kier alpha value is -2.41. The lowest BCUT2D eigenvalue weighted by Gasteiger charge is -2.28. The Labute approximate surface area is 199 Å². The van der Waals surface area contributed by atoms with Crippen molar-refractivity contribution >= 4 is 32.1 Å². The largest absolute Gasteiger partial charge is 0.497 e. The molecule has 1 N–H and O–H groups in total. The number of carbonyl (C=O) groups excluding carboxylic acids is 1. The van der Waals surface area contributed by atoms with Crippen LogP contribution in [0.25, 0.3) is 0 Å². The molecule has 9 heteroatoms. The highest BCUT2D eigenvalue weighted by Gasteiger charge is 2.32. The third-order valence-electron chi connectivity index (χ3n) is 6.43. The fourth-order valence-electron chi connectivity index (χ4n) is 4.63. The molecule has 2 heterocycles. The van der Waals surface area contributed by atoms with Crippen LogP contribution in [0.5, 0.6) is 5.75 Å². The molecule has 0 radical (unpaired) electrons. The number of nitrogens with zero attached hydrogens (tertiary/aromatic N) is 2. The maximum Gasteiger partial charge on any atom is 0.226 e. The molecule has 176 valence electrons. The number of nitrogens with one attached hydrogen (secondary N) is 1. The number of ether oxygens (including phenoxy) is 1. The van der Waals surface area contributed by atoms with Crippen LogP contribution in [0, 0.1) is 11.3 Å². The number of amides is 1. The van der Waals surface area contributed by atoms with Crippen molar-refractivity contribution in [2.24, 2.45) is 0 Å². The second kappa shape index (κ2) is 10.2. The van der Waals surface area contributed by atoms with Gasteiger partial charge in [0.1, 0.15) is 16.8 Å². The van der Waals surface area contributed by atoms with Gasteiger partial charge in [-0.1, -0.05) is 12.1 Å². The van der Waals surface area contributed by atoms with Crippen LogP contribution in [0.4, 0.5) is 5.00 Å². The number of aryl methyl sites for hydroxylation is 1. The molecule has 2 aliphatic rings. The number of nitriles is 1. The molecule has 1 unspecified atom stereocenters. The van der Waals surface area contributed by atoms with E-state index in [1.807, 2.05) is 24.3 Å². The van der Waals surface area contributed by atoms with Gasteiger partial charge in [0, 0.05) is 30.4 Å². The molecule has 1 aromatic carbocycles. The van der Waals surface area contributed by atoms with Crippen LogP contribution in [0.1, 0.15) is 47.3 Å². The van der Waals surface area contributed by atoms with E-state index in [4.69, 9.17) is 4.74 Å². The predicted octanol–water partition coefficient (Wildman–Crippen LogP) is 3.53. The SMILES string of the molecule is COc1ccc(CN(CCC(=O)Nc2sc3c(c2C#N)CCCC3)C2CCS(=O)(=O)C2)cc1. The normalized spacial score (nSPS) is 19.1. The average molecular weight is 488 g/mol. The maximum atomic E-state index is 12.8. The zero-order valence-corrected chi connectivity index (χ0v) is 20.4. The molecule has 2 aromatic rings. The van der Waals surface area contributed by atoms with Gasteiger partial charge in [-0.3, -0.25) is 9.69 Å². The second-order valence-electron chi connectivity index (χ2n) is 8.70. The quantitative estimate of drug-likeness (QED) is 0.612. The minimum atomic E-state index is -3.04. The summed E-state index contributed by atoms with van der Waals surface area (Å²) in [7, 11) is -1.42. The van der Waals surface area contributed by atoms with E-state index in [0.29, 0.717) is 30.1 Å². The molecular weight excluding hydrogens is 458 g/mol. The van der Waals surface area contributed by atoms with Gasteiger partial charge in [-0.15, -0.1) is 11.3 Å². The summed E-state index contributed by atoms with van der Waals surface area (Å²) in [5.41, 5.74) is 2.75. The number of benzene rings is 1. The zero-order chi connectivity index (χ0) is 23.4. The van der Waals surface area contributed by atoms with Crippen molar-refractivity contribution in [1.29, 1.82) is 5.26 Å². The van der Waals surface area contributed by atoms with Gasteiger partial charge in [-0.25, -0.2) is 8.42 Å². The number of hydrogen-bond acceptors (Lipinski definition) is 7. The summed E-state index contributed by atoms with van der Waals surface area (Å²) in [5, 5.41) is 13.2. The summed E-state index contributed by atoms with van der Waals surface area (Å²) in [6.45, 7) is 1.01. The number of hydrogen-bond donors (Lipinski definition) is 1. The molecule has 1 aliphatic heterocycles. The zero-order valence-electron chi connectivity index (χ0n) is 18.8. The molecule has 1 aromatic heterocycles. The van der Waals surface area contributed by atoms with Crippen LogP contribution in [-0.2, 0) is 34.0 Å². The van der Waals surface area contributed by atoms with Crippen molar-refractivity contribution in [1.82, 2.24) is 4.90 Å². The number of thiophene rings is 1. The fourth-order valence-corrected chi connectivity index (χ4v) is 7.64. The van der Waals surface area contributed by atoms with Gasteiger partial charge in [-0.2, -0.15) is 5.26 Å². The van der Waals surface area contributed by atoms with E-state index in [2.05, 4.69) is 16.3 Å². The Morgan fingerprint density at radius 1 is 1.27 bits per heavy atom. The van der Waals surface area contributed by atoms with E-state index < -0.39 is 9.84 Å². The number of rotatable bonds is 8. The standard InChI is InChI=1S/C24H29N3O4S2/c1-31-19-8-6-17(7-9-19)15-27(18-11-13-33(29,30)16-18)12-10-23(28)26-24-21(14-25)20-4-2-3-5-22(20)32-24/h6-9,18H,2-5,10-13,15-16H2,1H3,(H,26,28). The smallest absolute Gasteiger partial charge is 0.226 e. The Bertz CT molecular complexity index is 1150. The summed E-state index contributed by atoms with van der Waals surface area (Å²) in [5.74, 6) is 0.932. The monoisotopic (exact) mass is 487 g/mol. The van der Waals surface area contributed by atoms with Gasteiger partial charge in [0.2, 0.25) is 5.91 Å². The average Bonchev–Trinajstić information content (AvgIpc) is 3.35. The first-order valence-electron chi connectivity index (χ1n) is 11.3. The number of methoxy groups -OCH3 is 1. The van der Waals surface area contributed by atoms with Crippen LogP contribution in [-0.4, -0.2) is 50.4 Å². The van der Waals surface area contributed by atoms with Gasteiger partial charge in [0.15, 0.2) is 9.84 Å². The fraction of sp³-hybridized carbons (Fsp3) is 0.500. The van der Waals surface area contributed by atoms with Gasteiger partial charge in [0.05, 0.1) is 24.2 Å². The van der Waals surface area contributed by atoms with Crippen molar-refractivity contribution in [3.63, 3.8) is 0 Å². The summed E-state index contributed by atoms with van der Waals surface area (Å²) in [4.78, 5) is 16.1. The Morgan fingerprint density at radius 3 is 2.70 bits per heavy atom. The van der Waals surface area contributed by atoms with Crippen LogP contribution < -0.4 is 10.1 Å². The van der Waals surface area contributed by atoms with E-state index in [1.165, 1.54) is 16.2 Å². The predicted molar refractivity (Wildman–Crippen MR) is 129 cm³/mol. The molecule has 1 atom stereocenters. The molecule has 0 bridgehead atoms.